The van der Waals surface area contributed by atoms with Crippen LogP contribution in [0.2, 0.25) is 0 Å². The number of nitrogens with zero attached hydrogens (tertiary/aromatic N) is 5. The van der Waals surface area contributed by atoms with E-state index in [-0.39, 0.29) is 35.1 Å². The zero-order valence-electron chi connectivity index (χ0n) is 22.8. The number of hydrogen-bond donors (Lipinski definition) is 2. The summed E-state index contributed by atoms with van der Waals surface area (Å²) in [5, 5.41) is 6.11. The average Bonchev–Trinajstić information content (AvgIpc) is 3.15. The van der Waals surface area contributed by atoms with Crippen molar-refractivity contribution >= 4 is 22.7 Å². The van der Waals surface area contributed by atoms with Gasteiger partial charge in [-0.15, -0.1) is 0 Å². The molecule has 0 spiro atoms. The lowest BCUT2D eigenvalue weighted by molar-refractivity contribution is -0.196. The summed E-state index contributed by atoms with van der Waals surface area (Å²) < 4.78 is 44.9. The van der Waals surface area contributed by atoms with E-state index in [9.17, 15) is 18.0 Å². The molecular weight excluding hydrogens is 507 g/mol. The highest BCUT2D eigenvalue weighted by Crippen LogP contribution is 2.42. The highest BCUT2D eigenvalue weighted by molar-refractivity contribution is 5.77. The Kier molecular flexibility index (Phi) is 6.32. The molecule has 3 aromatic heterocycles. The maximum absolute atomic E-state index is 13.8. The number of hydrogen-bond acceptors (Lipinski definition) is 6. The van der Waals surface area contributed by atoms with E-state index in [2.05, 4.69) is 46.4 Å². The van der Waals surface area contributed by atoms with E-state index in [4.69, 9.17) is 0 Å². The molecule has 0 aliphatic carbocycles. The molecule has 4 aromatic rings. The summed E-state index contributed by atoms with van der Waals surface area (Å²) in [6, 6.07) is 8.41. The topological polar surface area (TPSA) is 89.7 Å². The van der Waals surface area contributed by atoms with Gasteiger partial charge >= 0.3 is 6.18 Å². The van der Waals surface area contributed by atoms with Gasteiger partial charge in [-0.2, -0.15) is 18.2 Å². The molecule has 2 N–H and O–H groups in total. The third-order valence-electron chi connectivity index (χ3n) is 7.21. The van der Waals surface area contributed by atoms with E-state index in [1.54, 1.807) is 27.7 Å². The predicted molar refractivity (Wildman–Crippen MR) is 145 cm³/mol. The zero-order valence-corrected chi connectivity index (χ0v) is 22.8. The summed E-state index contributed by atoms with van der Waals surface area (Å²) >= 11 is 0. The number of benzene rings is 1. The van der Waals surface area contributed by atoms with Crippen LogP contribution in [0.15, 0.2) is 47.5 Å². The van der Waals surface area contributed by atoms with Gasteiger partial charge in [0.05, 0.1) is 5.69 Å². The first-order valence-corrected chi connectivity index (χ1v) is 12.9. The molecule has 5 rings (SSSR count). The van der Waals surface area contributed by atoms with Crippen LogP contribution < -0.4 is 16.2 Å². The van der Waals surface area contributed by atoms with Gasteiger partial charge in [-0.1, -0.05) is 26.8 Å². The van der Waals surface area contributed by atoms with Gasteiger partial charge in [0, 0.05) is 41.8 Å². The number of alkyl halides is 3. The minimum absolute atomic E-state index is 0.161. The third-order valence-corrected chi connectivity index (χ3v) is 7.21. The molecule has 0 saturated heterocycles. The SMILES string of the molecule is CC(C)n1c(=O)c2cnc(Nc3ccc4c(c3)CCNC4(C)C(F)(F)F)nc2n1-c1ccnc(C(C)(C)C)c1. The molecule has 0 saturated carbocycles. The van der Waals surface area contributed by atoms with Crippen LogP contribution in [0.3, 0.4) is 0 Å². The first-order chi connectivity index (χ1) is 18.2. The van der Waals surface area contributed by atoms with Crippen LogP contribution in [0, 0.1) is 0 Å². The van der Waals surface area contributed by atoms with Gasteiger partial charge in [0.1, 0.15) is 10.9 Å². The molecule has 1 atom stereocenters. The second-order valence-electron chi connectivity index (χ2n) is 11.4. The van der Waals surface area contributed by atoms with Crippen molar-refractivity contribution in [3.05, 3.63) is 69.9 Å². The Hall–Kier alpha value is -3.73. The number of anilines is 2. The number of nitrogens with one attached hydrogen (secondary N) is 2. The Balaban J connectivity index is 1.59. The van der Waals surface area contributed by atoms with Crippen molar-refractivity contribution in [1.29, 1.82) is 0 Å². The molecule has 1 aromatic carbocycles. The van der Waals surface area contributed by atoms with E-state index in [1.807, 2.05) is 26.0 Å². The van der Waals surface area contributed by atoms with Crippen LogP contribution in [-0.2, 0) is 17.4 Å². The second-order valence-corrected chi connectivity index (χ2v) is 11.4. The minimum Gasteiger partial charge on any atom is -0.324 e. The lowest BCUT2D eigenvalue weighted by Crippen LogP contribution is -2.55. The first kappa shape index (κ1) is 26.9. The summed E-state index contributed by atoms with van der Waals surface area (Å²) in [5.41, 5.74) is 0.883. The van der Waals surface area contributed by atoms with E-state index in [0.29, 0.717) is 28.7 Å². The number of fused-ring (bicyclic) bond motifs is 2. The molecule has 0 fully saturated rings. The van der Waals surface area contributed by atoms with Crippen LogP contribution in [-0.4, -0.2) is 37.0 Å². The highest BCUT2D eigenvalue weighted by Gasteiger charge is 2.54. The Morgan fingerprint density at radius 2 is 1.85 bits per heavy atom. The summed E-state index contributed by atoms with van der Waals surface area (Å²) in [6.07, 6.45) is -0.769. The Labute approximate surface area is 224 Å². The summed E-state index contributed by atoms with van der Waals surface area (Å²) in [6.45, 7) is 11.4. The van der Waals surface area contributed by atoms with E-state index in [0.717, 1.165) is 18.3 Å². The van der Waals surface area contributed by atoms with Gasteiger partial charge in [-0.25, -0.2) is 14.3 Å². The molecular formula is C28H32F3N7O. The molecule has 8 nitrogen and oxygen atoms in total. The van der Waals surface area contributed by atoms with E-state index >= 15 is 0 Å². The zero-order chi connectivity index (χ0) is 28.3. The average molecular weight is 540 g/mol. The van der Waals surface area contributed by atoms with Crippen molar-refractivity contribution in [2.24, 2.45) is 0 Å². The fourth-order valence-corrected chi connectivity index (χ4v) is 5.03. The van der Waals surface area contributed by atoms with Crippen LogP contribution in [0.4, 0.5) is 24.8 Å². The largest absolute Gasteiger partial charge is 0.410 e. The van der Waals surface area contributed by atoms with E-state index < -0.39 is 11.7 Å². The summed E-state index contributed by atoms with van der Waals surface area (Å²) in [7, 11) is 0. The Bertz CT molecular complexity index is 1610. The van der Waals surface area contributed by atoms with Crippen molar-refractivity contribution < 1.29 is 13.2 Å². The fraction of sp³-hybridized carbons (Fsp3) is 0.429. The highest BCUT2D eigenvalue weighted by atomic mass is 19.4. The molecule has 11 heteroatoms. The maximum atomic E-state index is 13.8. The van der Waals surface area contributed by atoms with E-state index in [1.165, 1.54) is 12.3 Å². The smallest absolute Gasteiger partial charge is 0.324 e. The predicted octanol–water partition coefficient (Wildman–Crippen LogP) is 5.52. The summed E-state index contributed by atoms with van der Waals surface area (Å²) in [4.78, 5) is 26.9. The Morgan fingerprint density at radius 3 is 2.51 bits per heavy atom. The number of pyridine rings is 1. The van der Waals surface area contributed by atoms with Crippen LogP contribution in [0.5, 0.6) is 0 Å². The van der Waals surface area contributed by atoms with Crippen molar-refractivity contribution in [1.82, 2.24) is 29.6 Å². The third kappa shape index (κ3) is 4.58. The number of rotatable bonds is 4. The van der Waals surface area contributed by atoms with Gasteiger partial charge in [0.2, 0.25) is 5.95 Å². The van der Waals surface area contributed by atoms with Gasteiger partial charge < -0.3 is 5.32 Å². The number of halogens is 3. The molecule has 39 heavy (non-hydrogen) atoms. The van der Waals surface area contributed by atoms with Crippen LogP contribution in [0.25, 0.3) is 16.7 Å². The molecule has 0 amide bonds. The van der Waals surface area contributed by atoms with Crippen LogP contribution in [0.1, 0.15) is 64.4 Å². The van der Waals surface area contributed by atoms with Crippen LogP contribution >= 0.6 is 0 Å². The molecule has 1 aliphatic heterocycles. The molecule has 0 radical (unpaired) electrons. The van der Waals surface area contributed by atoms with Gasteiger partial charge in [0.15, 0.2) is 5.65 Å². The monoisotopic (exact) mass is 539 g/mol. The van der Waals surface area contributed by atoms with Crippen molar-refractivity contribution in [2.45, 2.75) is 71.1 Å². The minimum atomic E-state index is -4.43. The quantitative estimate of drug-likeness (QED) is 0.355. The van der Waals surface area contributed by atoms with Crippen molar-refractivity contribution in [3.63, 3.8) is 0 Å². The fourth-order valence-electron chi connectivity index (χ4n) is 5.03. The first-order valence-electron chi connectivity index (χ1n) is 12.9. The normalized spacial score (nSPS) is 18.0. The van der Waals surface area contributed by atoms with Gasteiger partial charge in [-0.05, 0) is 62.6 Å². The van der Waals surface area contributed by atoms with Gasteiger partial charge in [0.25, 0.3) is 5.56 Å². The van der Waals surface area contributed by atoms with Gasteiger partial charge in [-0.3, -0.25) is 15.1 Å². The number of aromatic nitrogens is 5. The molecule has 4 heterocycles. The maximum Gasteiger partial charge on any atom is 0.410 e. The standard InChI is InChI=1S/C28H32F3N7O/c1-16(2)37-24(39)20-15-33-25(36-23(20)38(37)19-10-11-32-22(14-19)26(3,4)5)35-18-7-8-21-17(13-18)9-12-34-27(21,6)28(29,30)31/h7-8,10-11,13-16,34H,9,12H2,1-6H3,(H,33,35,36). The lowest BCUT2D eigenvalue weighted by Gasteiger charge is -2.38. The Morgan fingerprint density at radius 1 is 1.10 bits per heavy atom. The lowest BCUT2D eigenvalue weighted by atomic mass is 9.83. The molecule has 1 aliphatic rings. The van der Waals surface area contributed by atoms with Crippen molar-refractivity contribution in [3.8, 4) is 5.69 Å². The van der Waals surface area contributed by atoms with Crippen molar-refractivity contribution in [2.75, 3.05) is 11.9 Å². The molecule has 0 bridgehead atoms. The molecule has 206 valence electrons. The second kappa shape index (κ2) is 9.18. The molecule has 1 unspecified atom stereocenters. The summed E-state index contributed by atoms with van der Waals surface area (Å²) in [5.74, 6) is 0.231.